The maximum atomic E-state index is 12.8. The third-order valence-corrected chi connectivity index (χ3v) is 4.71. The van der Waals surface area contributed by atoms with E-state index in [0.29, 0.717) is 16.9 Å². The first-order valence-corrected chi connectivity index (χ1v) is 8.91. The minimum atomic E-state index is -0.265. The summed E-state index contributed by atoms with van der Waals surface area (Å²) in [4.78, 5) is 30.9. The lowest BCUT2D eigenvalue weighted by Gasteiger charge is -2.18. The van der Waals surface area contributed by atoms with Gasteiger partial charge in [0.25, 0.3) is 5.91 Å². The predicted octanol–water partition coefficient (Wildman–Crippen LogP) is 4.02. The zero-order chi connectivity index (χ0) is 18.7. The maximum Gasteiger partial charge on any atom is 0.255 e. The Hall–Kier alpha value is -2.73. The molecule has 1 N–H and O–H groups in total. The number of fused-ring (bicyclic) bond motifs is 1. The van der Waals surface area contributed by atoms with Crippen LogP contribution in [-0.4, -0.2) is 35.3 Å². The van der Waals surface area contributed by atoms with E-state index in [1.807, 2.05) is 48.5 Å². The van der Waals surface area contributed by atoms with Gasteiger partial charge in [0, 0.05) is 16.9 Å². The largest absolute Gasteiger partial charge is 0.332 e. The van der Waals surface area contributed by atoms with Gasteiger partial charge in [0.2, 0.25) is 5.91 Å². The highest BCUT2D eigenvalue weighted by Crippen LogP contribution is 2.21. The van der Waals surface area contributed by atoms with Gasteiger partial charge in [0.15, 0.2) is 0 Å². The number of amides is 2. The summed E-state index contributed by atoms with van der Waals surface area (Å²) < 4.78 is 0.789. The molecule has 1 aromatic heterocycles. The van der Waals surface area contributed by atoms with Gasteiger partial charge in [-0.1, -0.05) is 30.3 Å². The average Bonchev–Trinajstić information content (AvgIpc) is 2.62. The molecule has 2 aromatic carbocycles. The van der Waals surface area contributed by atoms with Gasteiger partial charge in [0.1, 0.15) is 0 Å². The van der Waals surface area contributed by atoms with Crippen molar-refractivity contribution in [2.45, 2.75) is 6.92 Å². The van der Waals surface area contributed by atoms with Crippen molar-refractivity contribution in [3.63, 3.8) is 0 Å². The monoisotopic (exact) mass is 411 g/mol. The normalized spacial score (nSPS) is 10.6. The Morgan fingerprint density at radius 3 is 2.58 bits per heavy atom. The Balaban J connectivity index is 1.74. The molecule has 6 heteroatoms. The van der Waals surface area contributed by atoms with Crippen LogP contribution in [0.15, 0.2) is 59.1 Å². The first kappa shape index (κ1) is 18.1. The lowest BCUT2D eigenvalue weighted by Crippen LogP contribution is -2.35. The van der Waals surface area contributed by atoms with Crippen molar-refractivity contribution in [2.75, 3.05) is 18.9 Å². The van der Waals surface area contributed by atoms with Crippen LogP contribution < -0.4 is 5.32 Å². The standard InChI is InChI=1S/C20H18BrN3O2/c1-13-15(11-14-7-3-5-9-17(14)22-13)20(26)24(2)12-19(25)23-18-10-6-4-8-16(18)21/h3-11H,12H2,1-2H3,(H,23,25). The molecule has 3 rings (SSSR count). The minimum Gasteiger partial charge on any atom is -0.332 e. The minimum absolute atomic E-state index is 0.0492. The van der Waals surface area contributed by atoms with E-state index in [2.05, 4.69) is 26.2 Å². The van der Waals surface area contributed by atoms with E-state index in [-0.39, 0.29) is 18.4 Å². The van der Waals surface area contributed by atoms with Gasteiger partial charge in [0.05, 0.1) is 29.0 Å². The molecular weight excluding hydrogens is 394 g/mol. The zero-order valence-corrected chi connectivity index (χ0v) is 16.1. The summed E-state index contributed by atoms with van der Waals surface area (Å²) in [6.07, 6.45) is 0. The molecule has 0 unspecified atom stereocenters. The second-order valence-corrected chi connectivity index (χ2v) is 6.86. The third-order valence-electron chi connectivity index (χ3n) is 4.02. The molecule has 0 saturated heterocycles. The van der Waals surface area contributed by atoms with Crippen LogP contribution in [0, 0.1) is 6.92 Å². The van der Waals surface area contributed by atoms with Crippen LogP contribution in [0.3, 0.4) is 0 Å². The molecule has 26 heavy (non-hydrogen) atoms. The number of para-hydroxylation sites is 2. The molecule has 0 aliphatic carbocycles. The Labute approximate surface area is 160 Å². The van der Waals surface area contributed by atoms with Gasteiger partial charge >= 0.3 is 0 Å². The van der Waals surface area contributed by atoms with Crippen LogP contribution in [0.4, 0.5) is 5.69 Å². The van der Waals surface area contributed by atoms with Crippen molar-refractivity contribution in [1.29, 1.82) is 0 Å². The van der Waals surface area contributed by atoms with Crippen LogP contribution in [0.5, 0.6) is 0 Å². The molecule has 1 heterocycles. The first-order chi connectivity index (χ1) is 12.5. The fraction of sp³-hybridized carbons (Fsp3) is 0.150. The Kier molecular flexibility index (Phi) is 5.32. The summed E-state index contributed by atoms with van der Waals surface area (Å²) >= 11 is 3.39. The van der Waals surface area contributed by atoms with Crippen molar-refractivity contribution in [1.82, 2.24) is 9.88 Å². The van der Waals surface area contributed by atoms with Gasteiger partial charge in [-0.25, -0.2) is 0 Å². The molecule has 3 aromatic rings. The number of pyridine rings is 1. The van der Waals surface area contributed by atoms with Gasteiger partial charge in [-0.15, -0.1) is 0 Å². The summed E-state index contributed by atoms with van der Waals surface area (Å²) in [6, 6.07) is 16.8. The number of halogens is 1. The number of aromatic nitrogens is 1. The summed E-state index contributed by atoms with van der Waals surface area (Å²) in [5, 5.41) is 3.69. The van der Waals surface area contributed by atoms with E-state index in [0.717, 1.165) is 15.4 Å². The molecule has 132 valence electrons. The number of carbonyl (C=O) groups is 2. The van der Waals surface area contributed by atoms with Crippen LogP contribution in [0.25, 0.3) is 10.9 Å². The Morgan fingerprint density at radius 2 is 1.81 bits per heavy atom. The Bertz CT molecular complexity index is 988. The number of aryl methyl sites for hydroxylation is 1. The van der Waals surface area contributed by atoms with Gasteiger partial charge < -0.3 is 10.2 Å². The molecule has 2 amide bonds. The van der Waals surface area contributed by atoms with Crippen LogP contribution in [0.2, 0.25) is 0 Å². The first-order valence-electron chi connectivity index (χ1n) is 8.12. The average molecular weight is 412 g/mol. The summed E-state index contributed by atoms with van der Waals surface area (Å²) in [5.74, 6) is -0.498. The highest BCUT2D eigenvalue weighted by Gasteiger charge is 2.18. The van der Waals surface area contributed by atoms with Crippen LogP contribution >= 0.6 is 15.9 Å². The lowest BCUT2D eigenvalue weighted by atomic mass is 10.1. The number of nitrogens with one attached hydrogen (secondary N) is 1. The molecule has 0 aliphatic heterocycles. The van der Waals surface area contributed by atoms with Gasteiger partial charge in [-0.2, -0.15) is 0 Å². The molecular formula is C20H18BrN3O2. The smallest absolute Gasteiger partial charge is 0.255 e. The maximum absolute atomic E-state index is 12.8. The number of carbonyl (C=O) groups excluding carboxylic acids is 2. The number of hydrogen-bond acceptors (Lipinski definition) is 3. The second kappa shape index (κ2) is 7.66. The molecule has 0 atom stereocenters. The number of rotatable bonds is 4. The number of benzene rings is 2. The van der Waals surface area contributed by atoms with Crippen molar-refractivity contribution in [2.24, 2.45) is 0 Å². The molecule has 0 aliphatic rings. The van der Waals surface area contributed by atoms with Crippen molar-refractivity contribution < 1.29 is 9.59 Å². The van der Waals surface area contributed by atoms with E-state index >= 15 is 0 Å². The van der Waals surface area contributed by atoms with Crippen molar-refractivity contribution in [3.05, 3.63) is 70.3 Å². The number of nitrogens with zero attached hydrogens (tertiary/aromatic N) is 2. The molecule has 0 bridgehead atoms. The fourth-order valence-electron chi connectivity index (χ4n) is 2.67. The van der Waals surface area contributed by atoms with E-state index < -0.39 is 0 Å². The van der Waals surface area contributed by atoms with Gasteiger partial charge in [-0.05, 0) is 47.1 Å². The van der Waals surface area contributed by atoms with E-state index in [9.17, 15) is 9.59 Å². The second-order valence-electron chi connectivity index (χ2n) is 6.00. The van der Waals surface area contributed by atoms with E-state index in [1.54, 1.807) is 20.0 Å². The van der Waals surface area contributed by atoms with Crippen LogP contribution in [-0.2, 0) is 4.79 Å². The number of likely N-dealkylation sites (N-methyl/N-ethyl adjacent to an activating group) is 1. The summed E-state index contributed by atoms with van der Waals surface area (Å²) in [5.41, 5.74) is 2.66. The highest BCUT2D eigenvalue weighted by atomic mass is 79.9. The zero-order valence-electron chi connectivity index (χ0n) is 14.5. The number of hydrogen-bond donors (Lipinski definition) is 1. The van der Waals surface area contributed by atoms with Crippen molar-refractivity contribution in [3.8, 4) is 0 Å². The van der Waals surface area contributed by atoms with E-state index in [4.69, 9.17) is 0 Å². The molecule has 0 fully saturated rings. The molecule has 0 saturated carbocycles. The van der Waals surface area contributed by atoms with Crippen molar-refractivity contribution >= 4 is 44.3 Å². The van der Waals surface area contributed by atoms with Gasteiger partial charge in [-0.3, -0.25) is 14.6 Å². The SMILES string of the molecule is Cc1nc2ccccc2cc1C(=O)N(C)CC(=O)Nc1ccccc1Br. The fourth-order valence-corrected chi connectivity index (χ4v) is 3.06. The quantitative estimate of drug-likeness (QED) is 0.704. The molecule has 0 spiro atoms. The lowest BCUT2D eigenvalue weighted by molar-refractivity contribution is -0.116. The third kappa shape index (κ3) is 3.91. The predicted molar refractivity (Wildman–Crippen MR) is 106 cm³/mol. The van der Waals surface area contributed by atoms with Crippen LogP contribution in [0.1, 0.15) is 16.1 Å². The summed E-state index contributed by atoms with van der Waals surface area (Å²) in [7, 11) is 1.61. The summed E-state index contributed by atoms with van der Waals surface area (Å²) in [6.45, 7) is 1.75. The Morgan fingerprint density at radius 1 is 1.12 bits per heavy atom. The number of anilines is 1. The molecule has 5 nitrogen and oxygen atoms in total. The van der Waals surface area contributed by atoms with E-state index in [1.165, 1.54) is 4.90 Å². The molecule has 0 radical (unpaired) electrons. The topological polar surface area (TPSA) is 62.3 Å². The highest BCUT2D eigenvalue weighted by molar-refractivity contribution is 9.10.